The lowest BCUT2D eigenvalue weighted by molar-refractivity contribution is -0.137. The number of alkyl halides is 1. The van der Waals surface area contributed by atoms with Crippen molar-refractivity contribution in [1.29, 1.82) is 0 Å². The second-order valence-electron chi connectivity index (χ2n) is 5.29. The fourth-order valence-corrected chi connectivity index (χ4v) is 2.36. The van der Waals surface area contributed by atoms with Crippen LogP contribution in [-0.4, -0.2) is 31.2 Å². The summed E-state index contributed by atoms with van der Waals surface area (Å²) in [7, 11) is 0. The molecule has 0 heterocycles. The summed E-state index contributed by atoms with van der Waals surface area (Å²) >= 11 is 6.28. The van der Waals surface area contributed by atoms with Crippen molar-refractivity contribution in [1.82, 2.24) is 0 Å². The van der Waals surface area contributed by atoms with Crippen LogP contribution in [0, 0.1) is 0 Å². The SMILES string of the molecule is O=CO[C@@H](COCc1ccccc1)[C@H](Cl)COCc1ccccc1. The Morgan fingerprint density at radius 3 is 1.83 bits per heavy atom. The molecule has 2 atom stereocenters. The largest absolute Gasteiger partial charge is 0.460 e. The Bertz CT molecular complexity index is 576. The van der Waals surface area contributed by atoms with Crippen molar-refractivity contribution in [2.45, 2.75) is 24.7 Å². The van der Waals surface area contributed by atoms with E-state index in [4.69, 9.17) is 25.8 Å². The van der Waals surface area contributed by atoms with E-state index in [1.807, 2.05) is 60.7 Å². The van der Waals surface area contributed by atoms with Gasteiger partial charge in [-0.05, 0) is 11.1 Å². The number of ether oxygens (including phenoxy) is 3. The highest BCUT2D eigenvalue weighted by Gasteiger charge is 2.21. The molecule has 0 aliphatic heterocycles. The molecular formula is C19H21ClO4. The molecule has 128 valence electrons. The first-order valence-corrected chi connectivity index (χ1v) is 8.19. The van der Waals surface area contributed by atoms with Crippen molar-refractivity contribution in [3.05, 3.63) is 71.8 Å². The summed E-state index contributed by atoms with van der Waals surface area (Å²) in [6, 6.07) is 19.6. The van der Waals surface area contributed by atoms with Crippen LogP contribution in [0.4, 0.5) is 0 Å². The molecule has 0 aromatic heterocycles. The quantitative estimate of drug-likeness (QED) is 0.460. The summed E-state index contributed by atoms with van der Waals surface area (Å²) in [5, 5.41) is -0.477. The third-order valence-electron chi connectivity index (χ3n) is 3.42. The zero-order valence-electron chi connectivity index (χ0n) is 13.3. The van der Waals surface area contributed by atoms with Gasteiger partial charge in [-0.3, -0.25) is 4.79 Å². The fraction of sp³-hybridized carbons (Fsp3) is 0.316. The molecular weight excluding hydrogens is 328 g/mol. The van der Waals surface area contributed by atoms with E-state index in [0.717, 1.165) is 11.1 Å². The Kier molecular flexibility index (Phi) is 8.32. The summed E-state index contributed by atoms with van der Waals surface area (Å²) in [6.45, 7) is 1.78. The molecule has 0 bridgehead atoms. The molecule has 0 spiro atoms. The average Bonchev–Trinajstić information content (AvgIpc) is 2.63. The van der Waals surface area contributed by atoms with Crippen LogP contribution in [-0.2, 0) is 32.2 Å². The Balaban J connectivity index is 1.72. The van der Waals surface area contributed by atoms with Crippen molar-refractivity contribution in [2.24, 2.45) is 0 Å². The van der Waals surface area contributed by atoms with Crippen molar-refractivity contribution in [3.8, 4) is 0 Å². The van der Waals surface area contributed by atoms with E-state index in [0.29, 0.717) is 19.7 Å². The van der Waals surface area contributed by atoms with E-state index >= 15 is 0 Å². The van der Waals surface area contributed by atoms with Crippen LogP contribution in [0.2, 0.25) is 0 Å². The van der Waals surface area contributed by atoms with Crippen LogP contribution in [0.1, 0.15) is 11.1 Å². The van der Waals surface area contributed by atoms with Gasteiger partial charge in [0.2, 0.25) is 0 Å². The maximum atomic E-state index is 10.7. The molecule has 0 radical (unpaired) electrons. The molecule has 0 amide bonds. The summed E-state index contributed by atoms with van der Waals surface area (Å²) in [4.78, 5) is 10.7. The number of carbonyl (C=O) groups is 1. The first-order valence-electron chi connectivity index (χ1n) is 7.76. The highest BCUT2D eigenvalue weighted by molar-refractivity contribution is 6.21. The second kappa shape index (κ2) is 10.8. The highest BCUT2D eigenvalue weighted by atomic mass is 35.5. The summed E-state index contributed by atoms with van der Waals surface area (Å²) in [6.07, 6.45) is -0.552. The molecule has 0 N–H and O–H groups in total. The molecule has 0 fully saturated rings. The minimum absolute atomic E-state index is 0.219. The highest BCUT2D eigenvalue weighted by Crippen LogP contribution is 2.11. The Hall–Kier alpha value is -1.88. The van der Waals surface area contributed by atoms with Gasteiger partial charge in [-0.2, -0.15) is 0 Å². The molecule has 0 saturated carbocycles. The van der Waals surface area contributed by atoms with Gasteiger partial charge in [-0.15, -0.1) is 11.6 Å². The molecule has 0 saturated heterocycles. The van der Waals surface area contributed by atoms with Crippen LogP contribution in [0.25, 0.3) is 0 Å². The normalized spacial score (nSPS) is 13.2. The van der Waals surface area contributed by atoms with Crippen LogP contribution in [0.5, 0.6) is 0 Å². The maximum absolute atomic E-state index is 10.7. The number of hydrogen-bond donors (Lipinski definition) is 0. The predicted octanol–water partition coefficient (Wildman–Crippen LogP) is 3.57. The molecule has 5 heteroatoms. The van der Waals surface area contributed by atoms with Crippen LogP contribution >= 0.6 is 11.6 Å². The molecule has 2 rings (SSSR count). The Labute approximate surface area is 147 Å². The van der Waals surface area contributed by atoms with E-state index in [2.05, 4.69) is 0 Å². The Morgan fingerprint density at radius 2 is 1.33 bits per heavy atom. The average molecular weight is 349 g/mol. The first-order chi connectivity index (χ1) is 11.8. The minimum Gasteiger partial charge on any atom is -0.460 e. The zero-order valence-corrected chi connectivity index (χ0v) is 14.1. The van der Waals surface area contributed by atoms with E-state index in [9.17, 15) is 4.79 Å². The van der Waals surface area contributed by atoms with E-state index in [-0.39, 0.29) is 13.2 Å². The second-order valence-corrected chi connectivity index (χ2v) is 5.85. The topological polar surface area (TPSA) is 44.8 Å². The third kappa shape index (κ3) is 6.71. The molecule has 2 aromatic carbocycles. The molecule has 24 heavy (non-hydrogen) atoms. The first kappa shape index (κ1) is 18.5. The van der Waals surface area contributed by atoms with Gasteiger partial charge in [-0.1, -0.05) is 60.7 Å². The van der Waals surface area contributed by atoms with Gasteiger partial charge in [0, 0.05) is 0 Å². The van der Waals surface area contributed by atoms with Crippen LogP contribution in [0.15, 0.2) is 60.7 Å². The van der Waals surface area contributed by atoms with Gasteiger partial charge in [0.05, 0.1) is 31.8 Å². The number of halogens is 1. The molecule has 4 nitrogen and oxygen atoms in total. The van der Waals surface area contributed by atoms with Gasteiger partial charge in [0.25, 0.3) is 6.47 Å². The molecule has 0 unspecified atom stereocenters. The van der Waals surface area contributed by atoms with Gasteiger partial charge in [0.15, 0.2) is 0 Å². The van der Waals surface area contributed by atoms with Crippen molar-refractivity contribution in [3.63, 3.8) is 0 Å². The number of rotatable bonds is 11. The lowest BCUT2D eigenvalue weighted by Crippen LogP contribution is -2.33. The van der Waals surface area contributed by atoms with Gasteiger partial charge in [0.1, 0.15) is 6.10 Å². The van der Waals surface area contributed by atoms with Gasteiger partial charge in [-0.25, -0.2) is 0 Å². The van der Waals surface area contributed by atoms with Gasteiger partial charge >= 0.3 is 0 Å². The Morgan fingerprint density at radius 1 is 0.833 bits per heavy atom. The third-order valence-corrected chi connectivity index (χ3v) is 3.82. The minimum atomic E-state index is -0.552. The zero-order chi connectivity index (χ0) is 17.0. The van der Waals surface area contributed by atoms with Crippen molar-refractivity contribution < 1.29 is 19.0 Å². The lowest BCUT2D eigenvalue weighted by Gasteiger charge is -2.20. The summed E-state index contributed by atoms with van der Waals surface area (Å²) in [5.74, 6) is 0. The molecule has 0 aliphatic rings. The van der Waals surface area contributed by atoms with Crippen molar-refractivity contribution >= 4 is 18.1 Å². The van der Waals surface area contributed by atoms with Gasteiger partial charge < -0.3 is 14.2 Å². The maximum Gasteiger partial charge on any atom is 0.293 e. The van der Waals surface area contributed by atoms with Crippen LogP contribution < -0.4 is 0 Å². The smallest absolute Gasteiger partial charge is 0.293 e. The van der Waals surface area contributed by atoms with E-state index in [1.165, 1.54) is 0 Å². The number of hydrogen-bond acceptors (Lipinski definition) is 4. The summed E-state index contributed by atoms with van der Waals surface area (Å²) in [5.41, 5.74) is 2.11. The number of carbonyl (C=O) groups excluding carboxylic acids is 1. The standard InChI is InChI=1S/C19H21ClO4/c20-18(13-22-11-16-7-3-1-4-8-16)19(24-15-21)14-23-12-17-9-5-2-6-10-17/h1-10,15,18-19H,11-14H2/t18-,19+/m1/s1. The van der Waals surface area contributed by atoms with E-state index < -0.39 is 11.5 Å². The number of benzene rings is 2. The molecule has 2 aromatic rings. The lowest BCUT2D eigenvalue weighted by atomic mass is 10.2. The predicted molar refractivity (Wildman–Crippen MR) is 92.8 cm³/mol. The van der Waals surface area contributed by atoms with Crippen molar-refractivity contribution in [2.75, 3.05) is 13.2 Å². The molecule has 0 aliphatic carbocycles. The summed E-state index contributed by atoms with van der Waals surface area (Å²) < 4.78 is 16.2. The van der Waals surface area contributed by atoms with Crippen LogP contribution in [0.3, 0.4) is 0 Å². The fourth-order valence-electron chi connectivity index (χ4n) is 2.14. The van der Waals surface area contributed by atoms with E-state index in [1.54, 1.807) is 0 Å². The monoisotopic (exact) mass is 348 g/mol.